The van der Waals surface area contributed by atoms with Crippen molar-refractivity contribution >= 4 is 25.6 Å². The molecule has 1 heterocycles. The number of aromatic carboxylic acids is 1. The molecule has 0 saturated heterocycles. The van der Waals surface area contributed by atoms with Gasteiger partial charge in [0.25, 0.3) is 0 Å². The number of carboxylic acids is 1. The molecule has 1 aromatic carbocycles. The molecule has 0 aliphatic heterocycles. The second-order valence-corrected chi connectivity index (χ2v) is 13.5. The van der Waals surface area contributed by atoms with Crippen LogP contribution in [0.25, 0.3) is 5.69 Å². The van der Waals surface area contributed by atoms with Gasteiger partial charge in [-0.15, -0.1) is 5.10 Å². The lowest BCUT2D eigenvalue weighted by molar-refractivity contribution is 0.0697. The van der Waals surface area contributed by atoms with Gasteiger partial charge in [-0.3, -0.25) is 0 Å². The first-order chi connectivity index (χ1) is 11.0. The van der Waals surface area contributed by atoms with Gasteiger partial charge < -0.3 is 9.84 Å². The molecule has 5 nitrogen and oxygen atoms in total. The molecule has 7 heteroatoms. The second kappa shape index (κ2) is 6.61. The van der Waals surface area contributed by atoms with Gasteiger partial charge in [0, 0.05) is 12.3 Å². The van der Waals surface area contributed by atoms with Gasteiger partial charge in [-0.05, 0) is 23.2 Å². The van der Waals surface area contributed by atoms with E-state index >= 15 is 0 Å². The van der Waals surface area contributed by atoms with Gasteiger partial charge in [0.15, 0.2) is 0 Å². The molecule has 0 radical (unpaired) electrons. The van der Waals surface area contributed by atoms with E-state index in [1.807, 2.05) is 0 Å². The molecule has 1 aromatic heterocycles. The number of hydrogen-bond acceptors (Lipinski definition) is 3. The van der Waals surface area contributed by atoms with Crippen molar-refractivity contribution in [1.82, 2.24) is 9.78 Å². The summed E-state index contributed by atoms with van der Waals surface area (Å²) >= 11 is 6.00. The summed E-state index contributed by atoms with van der Waals surface area (Å²) in [6, 6.07) is 6.51. The van der Waals surface area contributed by atoms with E-state index in [1.165, 1.54) is 6.07 Å². The van der Waals surface area contributed by atoms with Crippen LogP contribution >= 0.6 is 11.6 Å². The van der Waals surface area contributed by atoms with Crippen LogP contribution in [-0.4, -0.2) is 35.2 Å². The van der Waals surface area contributed by atoms with E-state index in [9.17, 15) is 4.79 Å². The van der Waals surface area contributed by atoms with Crippen molar-refractivity contribution < 1.29 is 14.6 Å². The Bertz CT molecular complexity index is 751. The quantitative estimate of drug-likeness (QED) is 0.782. The maximum atomic E-state index is 11.0. The van der Waals surface area contributed by atoms with Crippen LogP contribution in [0.15, 0.2) is 30.5 Å². The average Bonchev–Trinajstić information content (AvgIpc) is 2.92. The van der Waals surface area contributed by atoms with Crippen LogP contribution in [0.3, 0.4) is 0 Å². The summed E-state index contributed by atoms with van der Waals surface area (Å²) in [4.78, 5) is 11.0. The van der Waals surface area contributed by atoms with Crippen molar-refractivity contribution in [3.05, 3.63) is 41.0 Å². The molecular weight excluding hydrogens is 344 g/mol. The van der Waals surface area contributed by atoms with Gasteiger partial charge in [0.1, 0.15) is 0 Å². The minimum absolute atomic E-state index is 0.0713. The zero-order valence-electron chi connectivity index (χ0n) is 14.6. The van der Waals surface area contributed by atoms with E-state index in [4.69, 9.17) is 21.4 Å². The SMILES string of the molecule is CC(C)(C)[Si](C)(C)COc1ccn(-c2ccc(C(=O)O)c(Cl)c2)n1. The fraction of sp³-hybridized carbons (Fsp3) is 0.412. The molecule has 0 saturated carbocycles. The molecule has 0 aliphatic rings. The Morgan fingerprint density at radius 3 is 2.54 bits per heavy atom. The molecular formula is C17H23ClN2O3Si. The van der Waals surface area contributed by atoms with Crippen molar-refractivity contribution in [2.75, 3.05) is 6.23 Å². The molecule has 2 aromatic rings. The molecule has 0 atom stereocenters. The third kappa shape index (κ3) is 3.99. The average molecular weight is 367 g/mol. The second-order valence-electron chi connectivity index (χ2n) is 7.49. The minimum atomic E-state index is -1.54. The summed E-state index contributed by atoms with van der Waals surface area (Å²) in [5.41, 5.74) is 0.758. The zero-order valence-corrected chi connectivity index (χ0v) is 16.4. The van der Waals surface area contributed by atoms with Crippen molar-refractivity contribution in [3.63, 3.8) is 0 Å². The van der Waals surface area contributed by atoms with Crippen LogP contribution in [0.4, 0.5) is 0 Å². The van der Waals surface area contributed by atoms with Gasteiger partial charge in [0.05, 0.1) is 30.6 Å². The van der Waals surface area contributed by atoms with Crippen molar-refractivity contribution in [3.8, 4) is 11.6 Å². The number of benzene rings is 1. The van der Waals surface area contributed by atoms with Gasteiger partial charge in [-0.25, -0.2) is 9.48 Å². The van der Waals surface area contributed by atoms with Gasteiger partial charge in [-0.2, -0.15) is 0 Å². The van der Waals surface area contributed by atoms with Crippen molar-refractivity contribution in [2.45, 2.75) is 38.9 Å². The Balaban J connectivity index is 2.14. The summed E-state index contributed by atoms with van der Waals surface area (Å²) in [6.07, 6.45) is 2.46. The molecule has 0 fully saturated rings. The Labute approximate surface area is 148 Å². The number of rotatable bonds is 5. The number of hydrogen-bond donors (Lipinski definition) is 1. The van der Waals surface area contributed by atoms with E-state index in [0.29, 0.717) is 17.8 Å². The summed E-state index contributed by atoms with van der Waals surface area (Å²) < 4.78 is 7.52. The van der Waals surface area contributed by atoms with E-state index in [1.54, 1.807) is 29.1 Å². The van der Waals surface area contributed by atoms with Crippen LogP contribution in [0.1, 0.15) is 31.1 Å². The maximum absolute atomic E-state index is 11.0. The molecule has 24 heavy (non-hydrogen) atoms. The van der Waals surface area contributed by atoms with E-state index in [0.717, 1.165) is 0 Å². The minimum Gasteiger partial charge on any atom is -0.480 e. The highest BCUT2D eigenvalue weighted by Crippen LogP contribution is 2.36. The topological polar surface area (TPSA) is 64.3 Å². The van der Waals surface area contributed by atoms with Gasteiger partial charge in [-0.1, -0.05) is 45.5 Å². The standard InChI is InChI=1S/C17H23ClN2O3Si/c1-17(2,3)24(4,5)11-23-15-8-9-20(19-15)12-6-7-13(16(21)22)14(18)10-12/h6-10H,11H2,1-5H3,(H,21,22). The molecule has 0 spiro atoms. The third-order valence-corrected chi connectivity index (χ3v) is 9.86. The molecule has 0 unspecified atom stereocenters. The Kier molecular flexibility index (Phi) is 5.10. The highest BCUT2D eigenvalue weighted by atomic mass is 35.5. The predicted molar refractivity (Wildman–Crippen MR) is 98.2 cm³/mol. The van der Waals surface area contributed by atoms with E-state index < -0.39 is 14.0 Å². The van der Waals surface area contributed by atoms with Crippen LogP contribution in [-0.2, 0) is 0 Å². The van der Waals surface area contributed by atoms with E-state index in [-0.39, 0.29) is 15.6 Å². The third-order valence-electron chi connectivity index (χ3n) is 4.62. The number of carbonyl (C=O) groups is 1. The van der Waals surface area contributed by atoms with Crippen molar-refractivity contribution in [1.29, 1.82) is 0 Å². The Morgan fingerprint density at radius 2 is 2.00 bits per heavy atom. The highest BCUT2D eigenvalue weighted by molar-refractivity contribution is 6.80. The van der Waals surface area contributed by atoms with Crippen LogP contribution < -0.4 is 4.74 Å². The lowest BCUT2D eigenvalue weighted by Gasteiger charge is -2.35. The molecule has 0 amide bonds. The summed E-state index contributed by atoms with van der Waals surface area (Å²) in [7, 11) is -1.54. The Morgan fingerprint density at radius 1 is 1.33 bits per heavy atom. The van der Waals surface area contributed by atoms with Crippen LogP contribution in [0.2, 0.25) is 23.2 Å². The van der Waals surface area contributed by atoms with Crippen LogP contribution in [0, 0.1) is 0 Å². The van der Waals surface area contributed by atoms with Crippen molar-refractivity contribution in [2.24, 2.45) is 0 Å². The molecule has 130 valence electrons. The smallest absolute Gasteiger partial charge is 0.337 e. The number of nitrogens with zero attached hydrogens (tertiary/aromatic N) is 2. The first-order valence-corrected chi connectivity index (χ1v) is 11.3. The number of aromatic nitrogens is 2. The van der Waals surface area contributed by atoms with E-state index in [2.05, 4.69) is 39.0 Å². The molecule has 2 rings (SSSR count). The predicted octanol–water partition coefficient (Wildman–Crippen LogP) is 4.65. The number of carboxylic acid groups (broad SMARTS) is 1. The number of ether oxygens (including phenoxy) is 1. The summed E-state index contributed by atoms with van der Waals surface area (Å²) in [5.74, 6) is -0.497. The van der Waals surface area contributed by atoms with Crippen LogP contribution in [0.5, 0.6) is 5.88 Å². The summed E-state index contributed by atoms with van der Waals surface area (Å²) in [5, 5.41) is 13.8. The molecule has 1 N–H and O–H groups in total. The fourth-order valence-corrected chi connectivity index (χ4v) is 3.02. The molecule has 0 aliphatic carbocycles. The lowest BCUT2D eigenvalue weighted by atomic mass is 10.2. The van der Waals surface area contributed by atoms with Gasteiger partial charge in [0.2, 0.25) is 5.88 Å². The Hall–Kier alpha value is -1.79. The lowest BCUT2D eigenvalue weighted by Crippen LogP contribution is -2.43. The zero-order chi connectivity index (χ0) is 18.1. The van der Waals surface area contributed by atoms with Gasteiger partial charge >= 0.3 is 5.97 Å². The summed E-state index contributed by atoms with van der Waals surface area (Å²) in [6.45, 7) is 11.3. The first-order valence-electron chi connectivity index (χ1n) is 7.73. The molecule has 0 bridgehead atoms. The highest BCUT2D eigenvalue weighted by Gasteiger charge is 2.36. The maximum Gasteiger partial charge on any atom is 0.337 e. The number of halogens is 1. The normalized spacial score (nSPS) is 12.2. The first kappa shape index (κ1) is 18.5. The monoisotopic (exact) mass is 366 g/mol. The fourth-order valence-electron chi connectivity index (χ4n) is 1.82. The largest absolute Gasteiger partial charge is 0.480 e.